The maximum absolute atomic E-state index is 13.9. The van der Waals surface area contributed by atoms with Crippen LogP contribution in [0.2, 0.25) is 5.02 Å². The normalized spacial score (nSPS) is 28.6. The molecule has 1 saturated heterocycles. The summed E-state index contributed by atoms with van der Waals surface area (Å²) in [5.74, 6) is -0.201. The van der Waals surface area contributed by atoms with Gasteiger partial charge in [-0.2, -0.15) is 0 Å². The molecule has 0 amide bonds. The Balaban J connectivity index is 1.80. The van der Waals surface area contributed by atoms with E-state index in [2.05, 4.69) is 17.4 Å². The number of aliphatic hydroxyl groups excluding tert-OH is 1. The molecule has 24 heavy (non-hydrogen) atoms. The predicted octanol–water partition coefficient (Wildman–Crippen LogP) is 4.47. The van der Waals surface area contributed by atoms with Gasteiger partial charge in [0, 0.05) is 11.5 Å². The zero-order valence-electron chi connectivity index (χ0n) is 13.1. The third kappa shape index (κ3) is 2.69. The number of nitrogens with one attached hydrogen (secondary N) is 1. The second-order valence-electron chi connectivity index (χ2n) is 6.49. The Labute approximate surface area is 145 Å². The third-order valence-electron chi connectivity index (χ3n) is 5.03. The quantitative estimate of drug-likeness (QED) is 0.842. The summed E-state index contributed by atoms with van der Waals surface area (Å²) in [7, 11) is 0. The first-order valence-corrected chi connectivity index (χ1v) is 8.62. The van der Waals surface area contributed by atoms with Crippen LogP contribution in [0.3, 0.4) is 0 Å². The molecule has 5 heteroatoms. The SMILES string of the molecule is OC[C@H]1CC[C@@H]2[C@H](O1)c1cc(F)cc(Cl)c1N[C@H]2c1ccccc1. The first kappa shape index (κ1) is 15.9. The van der Waals surface area contributed by atoms with E-state index in [1.165, 1.54) is 12.1 Å². The molecular formula is C19H19ClFNO2. The fraction of sp³-hybridized carbons (Fsp3) is 0.368. The van der Waals surface area contributed by atoms with Crippen molar-refractivity contribution >= 4 is 17.3 Å². The van der Waals surface area contributed by atoms with Gasteiger partial charge in [0.2, 0.25) is 0 Å². The first-order valence-electron chi connectivity index (χ1n) is 8.24. The van der Waals surface area contributed by atoms with Gasteiger partial charge in [0.1, 0.15) is 5.82 Å². The summed E-state index contributed by atoms with van der Waals surface area (Å²) in [5.41, 5.74) is 2.63. The van der Waals surface area contributed by atoms with Crippen molar-refractivity contribution in [1.82, 2.24) is 0 Å². The number of hydrogen-bond donors (Lipinski definition) is 2. The van der Waals surface area contributed by atoms with Gasteiger partial charge in [0.05, 0.1) is 35.6 Å². The second-order valence-corrected chi connectivity index (χ2v) is 6.89. The molecule has 0 radical (unpaired) electrons. The topological polar surface area (TPSA) is 41.5 Å². The third-order valence-corrected chi connectivity index (χ3v) is 5.33. The molecule has 2 N–H and O–H groups in total. The Kier molecular flexibility index (Phi) is 4.21. The molecule has 3 nitrogen and oxygen atoms in total. The van der Waals surface area contributed by atoms with Crippen LogP contribution < -0.4 is 5.32 Å². The Morgan fingerprint density at radius 2 is 2.00 bits per heavy atom. The zero-order chi connectivity index (χ0) is 16.7. The number of aliphatic hydroxyl groups is 1. The largest absolute Gasteiger partial charge is 0.394 e. The lowest BCUT2D eigenvalue weighted by Crippen LogP contribution is -2.40. The van der Waals surface area contributed by atoms with Crippen LogP contribution in [-0.4, -0.2) is 17.8 Å². The molecule has 0 spiro atoms. The van der Waals surface area contributed by atoms with Crippen LogP contribution in [-0.2, 0) is 4.74 Å². The van der Waals surface area contributed by atoms with Crippen molar-refractivity contribution in [2.75, 3.05) is 11.9 Å². The Hall–Kier alpha value is -1.62. The second kappa shape index (κ2) is 6.36. The summed E-state index contributed by atoms with van der Waals surface area (Å²) in [6.07, 6.45) is 1.21. The van der Waals surface area contributed by atoms with Crippen LogP contribution in [0.4, 0.5) is 10.1 Å². The van der Waals surface area contributed by atoms with Gasteiger partial charge in [-0.15, -0.1) is 0 Å². The van der Waals surface area contributed by atoms with E-state index in [-0.39, 0.29) is 36.6 Å². The summed E-state index contributed by atoms with van der Waals surface area (Å²) in [6, 6.07) is 13.0. The Bertz CT molecular complexity index is 740. The minimum Gasteiger partial charge on any atom is -0.394 e. The average Bonchev–Trinajstić information content (AvgIpc) is 2.61. The number of anilines is 1. The Morgan fingerprint density at radius 1 is 1.21 bits per heavy atom. The molecule has 0 saturated carbocycles. The van der Waals surface area contributed by atoms with E-state index in [4.69, 9.17) is 16.3 Å². The average molecular weight is 348 g/mol. The summed E-state index contributed by atoms with van der Waals surface area (Å²) in [4.78, 5) is 0. The van der Waals surface area contributed by atoms with Gasteiger partial charge < -0.3 is 15.2 Å². The number of benzene rings is 2. The number of hydrogen-bond acceptors (Lipinski definition) is 3. The molecule has 2 heterocycles. The summed E-state index contributed by atoms with van der Waals surface area (Å²) < 4.78 is 20.0. The minimum absolute atomic E-state index is 0.0228. The molecule has 1 fully saturated rings. The molecule has 2 aromatic carbocycles. The molecule has 0 aromatic heterocycles. The van der Waals surface area contributed by atoms with Crippen molar-refractivity contribution < 1.29 is 14.2 Å². The molecule has 126 valence electrons. The number of fused-ring (bicyclic) bond motifs is 3. The van der Waals surface area contributed by atoms with Crippen LogP contribution in [0.15, 0.2) is 42.5 Å². The molecular weight excluding hydrogens is 329 g/mol. The van der Waals surface area contributed by atoms with Gasteiger partial charge in [0.25, 0.3) is 0 Å². The first-order chi connectivity index (χ1) is 11.7. The van der Waals surface area contributed by atoms with Gasteiger partial charge in [-0.1, -0.05) is 41.9 Å². The smallest absolute Gasteiger partial charge is 0.125 e. The van der Waals surface area contributed by atoms with Gasteiger partial charge in [-0.25, -0.2) is 4.39 Å². The molecule has 0 aliphatic carbocycles. The lowest BCUT2D eigenvalue weighted by Gasteiger charge is -2.45. The van der Waals surface area contributed by atoms with Gasteiger partial charge in [-0.05, 0) is 30.5 Å². The van der Waals surface area contributed by atoms with Crippen molar-refractivity contribution in [2.45, 2.75) is 31.1 Å². The van der Waals surface area contributed by atoms with Crippen molar-refractivity contribution in [3.8, 4) is 0 Å². The van der Waals surface area contributed by atoms with Gasteiger partial charge >= 0.3 is 0 Å². The maximum Gasteiger partial charge on any atom is 0.125 e. The number of halogens is 2. The highest BCUT2D eigenvalue weighted by Gasteiger charge is 2.43. The summed E-state index contributed by atoms with van der Waals surface area (Å²) in [5, 5.41) is 13.3. The standard InChI is InChI=1S/C19H19ClFNO2/c20-16-9-12(21)8-15-18(16)22-17(11-4-2-1-3-5-11)14-7-6-13(10-23)24-19(14)15/h1-5,8-9,13-14,17,19,22-23H,6-7,10H2/t13-,14+,17+,19+/m1/s1. The minimum atomic E-state index is -0.368. The fourth-order valence-corrected chi connectivity index (χ4v) is 4.18. The highest BCUT2D eigenvalue weighted by atomic mass is 35.5. The predicted molar refractivity (Wildman–Crippen MR) is 91.6 cm³/mol. The van der Waals surface area contributed by atoms with E-state index in [0.29, 0.717) is 5.02 Å². The monoisotopic (exact) mass is 347 g/mol. The van der Waals surface area contributed by atoms with E-state index < -0.39 is 0 Å². The molecule has 2 aliphatic heterocycles. The van der Waals surface area contributed by atoms with Crippen LogP contribution in [0.25, 0.3) is 0 Å². The van der Waals surface area contributed by atoms with Crippen molar-refractivity contribution in [1.29, 1.82) is 0 Å². The van der Waals surface area contributed by atoms with E-state index in [1.54, 1.807) is 0 Å². The van der Waals surface area contributed by atoms with E-state index in [9.17, 15) is 9.50 Å². The fourth-order valence-electron chi connectivity index (χ4n) is 3.91. The molecule has 0 unspecified atom stereocenters. The van der Waals surface area contributed by atoms with Crippen LogP contribution in [0.5, 0.6) is 0 Å². The zero-order valence-corrected chi connectivity index (χ0v) is 13.8. The summed E-state index contributed by atoms with van der Waals surface area (Å²) >= 11 is 6.29. The number of ether oxygens (including phenoxy) is 1. The molecule has 2 aromatic rings. The molecule has 4 rings (SSSR count). The van der Waals surface area contributed by atoms with E-state index >= 15 is 0 Å². The van der Waals surface area contributed by atoms with Crippen LogP contribution >= 0.6 is 11.6 Å². The molecule has 4 atom stereocenters. The van der Waals surface area contributed by atoms with Crippen molar-refractivity contribution in [3.05, 3.63) is 64.4 Å². The molecule has 0 bridgehead atoms. The lowest BCUT2D eigenvalue weighted by molar-refractivity contribution is -0.110. The summed E-state index contributed by atoms with van der Waals surface area (Å²) in [6.45, 7) is -0.0228. The van der Waals surface area contributed by atoms with Gasteiger partial charge in [0.15, 0.2) is 0 Å². The highest BCUT2D eigenvalue weighted by molar-refractivity contribution is 6.33. The van der Waals surface area contributed by atoms with E-state index in [1.807, 2.05) is 18.2 Å². The number of rotatable bonds is 2. The van der Waals surface area contributed by atoms with Crippen molar-refractivity contribution in [2.24, 2.45) is 5.92 Å². The van der Waals surface area contributed by atoms with Crippen LogP contribution in [0.1, 0.15) is 36.1 Å². The lowest BCUT2D eigenvalue weighted by atomic mass is 9.76. The Morgan fingerprint density at radius 3 is 2.75 bits per heavy atom. The van der Waals surface area contributed by atoms with Gasteiger partial charge in [-0.3, -0.25) is 0 Å². The van der Waals surface area contributed by atoms with Crippen LogP contribution in [0, 0.1) is 11.7 Å². The maximum atomic E-state index is 13.9. The molecule has 2 aliphatic rings. The highest BCUT2D eigenvalue weighted by Crippen LogP contribution is 2.52. The van der Waals surface area contributed by atoms with Crippen molar-refractivity contribution in [3.63, 3.8) is 0 Å². The van der Waals surface area contributed by atoms with E-state index in [0.717, 1.165) is 29.7 Å².